The van der Waals surface area contributed by atoms with E-state index < -0.39 is 25.2 Å². The summed E-state index contributed by atoms with van der Waals surface area (Å²) in [5.74, 6) is 0.470. The molecule has 4 rings (SSSR count). The zero-order chi connectivity index (χ0) is 22.9. The molecule has 11 nitrogen and oxygen atoms in total. The second-order valence-corrected chi connectivity index (χ2v) is 10.0. The molecule has 1 atom stereocenters. The lowest BCUT2D eigenvalue weighted by Crippen LogP contribution is -2.38. The predicted molar refractivity (Wildman–Crippen MR) is 116 cm³/mol. The van der Waals surface area contributed by atoms with Crippen molar-refractivity contribution in [1.29, 1.82) is 0 Å². The number of ether oxygens (including phenoxy) is 2. The average Bonchev–Trinajstić information content (AvgIpc) is 3.31. The first kappa shape index (κ1) is 22.8. The van der Waals surface area contributed by atoms with Crippen LogP contribution in [0.5, 0.6) is 5.88 Å². The van der Waals surface area contributed by atoms with Gasteiger partial charge in [0.25, 0.3) is 11.5 Å². The van der Waals surface area contributed by atoms with Crippen molar-refractivity contribution in [3.05, 3.63) is 22.6 Å². The van der Waals surface area contributed by atoms with E-state index in [0.717, 1.165) is 11.1 Å². The van der Waals surface area contributed by atoms with E-state index in [0.29, 0.717) is 67.8 Å². The minimum absolute atomic E-state index is 0.125. The topological polar surface area (TPSA) is 144 Å². The Labute approximate surface area is 184 Å². The Kier molecular flexibility index (Phi) is 6.62. The highest BCUT2D eigenvalue weighted by Gasteiger charge is 2.29. The van der Waals surface area contributed by atoms with E-state index in [1.807, 2.05) is 4.90 Å². The number of hydrogen-bond acceptors (Lipinski definition) is 8. The predicted octanol–water partition coefficient (Wildman–Crippen LogP) is 1.40. The van der Waals surface area contributed by atoms with Crippen LogP contribution in [0.15, 0.2) is 17.1 Å². The van der Waals surface area contributed by atoms with Gasteiger partial charge in [0.05, 0.1) is 24.9 Å². The number of hydrogen-bond donors (Lipinski definition) is 2. The number of nitrogens with zero attached hydrogens (tertiary/aromatic N) is 4. The Bertz CT molecular complexity index is 1100. The lowest BCUT2D eigenvalue weighted by molar-refractivity contribution is 0.0532. The number of aromatic nitrogens is 3. The number of rotatable bonds is 6. The zero-order valence-electron chi connectivity index (χ0n) is 17.8. The molecule has 2 aliphatic rings. The molecule has 0 aliphatic carbocycles. The fourth-order valence-corrected chi connectivity index (χ4v) is 5.01. The Morgan fingerprint density at radius 2 is 2.06 bits per heavy atom. The zero-order valence-corrected chi connectivity index (χ0v) is 18.7. The molecule has 0 bridgehead atoms. The summed E-state index contributed by atoms with van der Waals surface area (Å²) in [6.45, 7) is 1.63. The highest BCUT2D eigenvalue weighted by atomic mass is 31.2. The van der Waals surface area contributed by atoms with Crippen LogP contribution < -0.4 is 15.2 Å². The van der Waals surface area contributed by atoms with Gasteiger partial charge in [-0.1, -0.05) is 0 Å². The summed E-state index contributed by atoms with van der Waals surface area (Å²) in [4.78, 5) is 50.8. The molecule has 12 heteroatoms. The Hall–Kier alpha value is -2.33. The summed E-state index contributed by atoms with van der Waals surface area (Å²) < 4.78 is 22.8. The van der Waals surface area contributed by atoms with Gasteiger partial charge in [0, 0.05) is 31.1 Å². The van der Waals surface area contributed by atoms with Gasteiger partial charge in [-0.15, -0.1) is 0 Å². The maximum absolute atomic E-state index is 13.3. The van der Waals surface area contributed by atoms with Crippen molar-refractivity contribution in [2.24, 2.45) is 5.92 Å². The van der Waals surface area contributed by atoms with Gasteiger partial charge in [0.2, 0.25) is 5.88 Å². The number of carbonyl (C=O) groups is 1. The molecule has 4 heterocycles. The minimum Gasteiger partial charge on any atom is -0.481 e. The molecule has 0 amide bonds. The van der Waals surface area contributed by atoms with E-state index in [2.05, 4.69) is 10.1 Å². The van der Waals surface area contributed by atoms with Gasteiger partial charge in [-0.05, 0) is 38.0 Å². The van der Waals surface area contributed by atoms with E-state index in [4.69, 9.17) is 19.3 Å². The highest BCUT2D eigenvalue weighted by Crippen LogP contribution is 2.38. The van der Waals surface area contributed by atoms with E-state index in [-0.39, 0.29) is 12.1 Å². The molecule has 0 aromatic carbocycles. The smallest absolute Gasteiger partial charge is 0.325 e. The summed E-state index contributed by atoms with van der Waals surface area (Å²) in [6, 6.07) is 1.61. The second kappa shape index (κ2) is 9.27. The van der Waals surface area contributed by atoms with Gasteiger partial charge in [-0.3, -0.25) is 14.2 Å². The van der Waals surface area contributed by atoms with Gasteiger partial charge in [-0.2, -0.15) is 14.8 Å². The molecule has 2 N–H and O–H groups in total. The van der Waals surface area contributed by atoms with Crippen LogP contribution in [0.4, 0.5) is 5.82 Å². The van der Waals surface area contributed by atoms with Crippen molar-refractivity contribution in [2.75, 3.05) is 37.9 Å². The third-order valence-corrected chi connectivity index (χ3v) is 6.93. The molecule has 0 saturated carbocycles. The number of carbonyl (C=O) groups excluding carboxylic acids is 1. The number of pyridine rings is 1. The molecule has 0 spiro atoms. The summed E-state index contributed by atoms with van der Waals surface area (Å²) in [5, 5.41) is 4.89. The fourth-order valence-electron chi connectivity index (χ4n) is 4.31. The van der Waals surface area contributed by atoms with Gasteiger partial charge in [-0.25, -0.2) is 0 Å². The van der Waals surface area contributed by atoms with E-state index in [9.17, 15) is 14.2 Å². The molecular formula is C20H27N4O7P. The lowest BCUT2D eigenvalue weighted by atomic mass is 9.94. The van der Waals surface area contributed by atoms with Gasteiger partial charge in [0.15, 0.2) is 0 Å². The van der Waals surface area contributed by atoms with Crippen LogP contribution in [0.1, 0.15) is 36.9 Å². The lowest BCUT2D eigenvalue weighted by Gasteiger charge is -2.33. The Morgan fingerprint density at radius 3 is 2.69 bits per heavy atom. The van der Waals surface area contributed by atoms with Crippen molar-refractivity contribution in [2.45, 2.75) is 38.2 Å². The van der Waals surface area contributed by atoms with E-state index >= 15 is 0 Å². The van der Waals surface area contributed by atoms with E-state index in [1.165, 1.54) is 13.3 Å². The molecule has 174 valence electrons. The van der Waals surface area contributed by atoms with Crippen LogP contribution in [-0.2, 0) is 9.30 Å². The van der Waals surface area contributed by atoms with Crippen LogP contribution in [0.3, 0.4) is 0 Å². The van der Waals surface area contributed by atoms with Gasteiger partial charge < -0.3 is 24.2 Å². The number of piperidine rings is 1. The van der Waals surface area contributed by atoms with Gasteiger partial charge >= 0.3 is 7.60 Å². The summed E-state index contributed by atoms with van der Waals surface area (Å²) in [5.41, 5.74) is -0.545. The van der Waals surface area contributed by atoms with Crippen molar-refractivity contribution in [3.63, 3.8) is 0 Å². The normalized spacial score (nSPS) is 20.1. The first-order valence-corrected chi connectivity index (χ1v) is 12.5. The Balaban J connectivity index is 1.64. The SMILES string of the molecule is COc1cc2cnn(C(=O)C3CCCO3)c(=O)c2c(N2CCC(CCP(=O)(O)O)CC2)n1. The van der Waals surface area contributed by atoms with E-state index in [1.54, 1.807) is 6.07 Å². The third-order valence-electron chi connectivity index (χ3n) is 6.09. The Morgan fingerprint density at radius 1 is 1.31 bits per heavy atom. The van der Waals surface area contributed by atoms with Crippen LogP contribution >= 0.6 is 7.60 Å². The molecule has 0 radical (unpaired) electrons. The highest BCUT2D eigenvalue weighted by molar-refractivity contribution is 7.51. The summed E-state index contributed by atoms with van der Waals surface area (Å²) >= 11 is 0. The van der Waals surface area contributed by atoms with Crippen molar-refractivity contribution in [1.82, 2.24) is 14.8 Å². The minimum atomic E-state index is -4.02. The average molecular weight is 466 g/mol. The summed E-state index contributed by atoms with van der Waals surface area (Å²) in [6.07, 6.45) is 3.88. The second-order valence-electron chi connectivity index (χ2n) is 8.26. The first-order valence-electron chi connectivity index (χ1n) is 10.7. The van der Waals surface area contributed by atoms with Crippen LogP contribution in [-0.4, -0.2) is 69.5 Å². The number of methoxy groups -OCH3 is 1. The maximum atomic E-state index is 13.3. The van der Waals surface area contributed by atoms with Crippen molar-refractivity contribution >= 4 is 30.1 Å². The largest absolute Gasteiger partial charge is 0.481 e. The fraction of sp³-hybridized carbons (Fsp3) is 0.600. The molecule has 32 heavy (non-hydrogen) atoms. The van der Waals surface area contributed by atoms with Crippen molar-refractivity contribution in [3.8, 4) is 5.88 Å². The third kappa shape index (κ3) is 4.85. The van der Waals surface area contributed by atoms with Crippen LogP contribution in [0, 0.1) is 5.92 Å². The molecule has 2 saturated heterocycles. The van der Waals surface area contributed by atoms with Gasteiger partial charge in [0.1, 0.15) is 11.9 Å². The molecule has 1 unspecified atom stereocenters. The van der Waals surface area contributed by atoms with Crippen LogP contribution in [0.25, 0.3) is 10.8 Å². The number of fused-ring (bicyclic) bond motifs is 1. The monoisotopic (exact) mass is 466 g/mol. The van der Waals surface area contributed by atoms with Crippen LogP contribution in [0.2, 0.25) is 0 Å². The van der Waals surface area contributed by atoms with Crippen molar-refractivity contribution < 1.29 is 28.6 Å². The first-order chi connectivity index (χ1) is 15.3. The number of anilines is 1. The molecular weight excluding hydrogens is 439 g/mol. The summed E-state index contributed by atoms with van der Waals surface area (Å²) in [7, 11) is -2.53. The molecule has 2 fully saturated rings. The molecule has 2 aliphatic heterocycles. The molecule has 2 aromatic heterocycles. The standard InChI is InChI=1S/C20H27N4O7P/c1-30-16-11-14-12-21-24(19(25)15-3-2-9-31-15)20(26)17(14)18(22-16)23-7-4-13(5-8-23)6-10-32(27,28)29/h11-13,15H,2-10H2,1H3,(H2,27,28,29). The maximum Gasteiger partial charge on any atom is 0.325 e. The quantitative estimate of drug-likeness (QED) is 0.600. The molecule has 2 aromatic rings.